The summed E-state index contributed by atoms with van der Waals surface area (Å²) in [4.78, 5) is 8.86. The van der Waals surface area contributed by atoms with Crippen LogP contribution in [0.1, 0.15) is 19.5 Å². The van der Waals surface area contributed by atoms with Crippen LogP contribution in [0.5, 0.6) is 0 Å². The molecule has 18 heavy (non-hydrogen) atoms. The van der Waals surface area contributed by atoms with Crippen molar-refractivity contribution in [1.82, 2.24) is 19.7 Å². The van der Waals surface area contributed by atoms with Gasteiger partial charge in [-0.2, -0.15) is 5.10 Å². The standard InChI is InChI=1S/C12H14BrClN4/c1-7(2)6-8-10(13)11(14)17-12(16-8)9-4-5-15-18(9)3/h4-5,7H,6H2,1-3H3. The van der Waals surface area contributed by atoms with E-state index in [1.54, 1.807) is 10.9 Å². The van der Waals surface area contributed by atoms with Crippen LogP contribution in [-0.4, -0.2) is 19.7 Å². The maximum atomic E-state index is 6.14. The van der Waals surface area contributed by atoms with Crippen molar-refractivity contribution in [3.63, 3.8) is 0 Å². The molecule has 0 saturated heterocycles. The van der Waals surface area contributed by atoms with Gasteiger partial charge in [-0.25, -0.2) is 9.97 Å². The molecule has 0 spiro atoms. The number of hydrogen-bond donors (Lipinski definition) is 0. The number of halogens is 2. The molecule has 0 unspecified atom stereocenters. The van der Waals surface area contributed by atoms with Crippen molar-refractivity contribution in [2.75, 3.05) is 0 Å². The minimum Gasteiger partial charge on any atom is -0.265 e. The average Bonchev–Trinajstić information content (AvgIpc) is 2.70. The van der Waals surface area contributed by atoms with E-state index < -0.39 is 0 Å². The normalized spacial score (nSPS) is 11.2. The molecule has 6 heteroatoms. The fourth-order valence-electron chi connectivity index (χ4n) is 1.69. The number of nitrogens with zero attached hydrogens (tertiary/aromatic N) is 4. The third-order valence-corrected chi connectivity index (χ3v) is 3.87. The molecule has 0 aliphatic carbocycles. The second kappa shape index (κ2) is 5.36. The van der Waals surface area contributed by atoms with Crippen LogP contribution >= 0.6 is 27.5 Å². The Hall–Kier alpha value is -0.940. The van der Waals surface area contributed by atoms with E-state index in [-0.39, 0.29) is 0 Å². The van der Waals surface area contributed by atoms with Gasteiger partial charge in [-0.3, -0.25) is 4.68 Å². The number of rotatable bonds is 3. The zero-order valence-electron chi connectivity index (χ0n) is 10.5. The van der Waals surface area contributed by atoms with Gasteiger partial charge in [-0.05, 0) is 34.3 Å². The predicted octanol–water partition coefficient (Wildman–Crippen LogP) is 3.49. The Morgan fingerprint density at radius 3 is 2.67 bits per heavy atom. The molecule has 0 atom stereocenters. The van der Waals surface area contributed by atoms with Gasteiger partial charge in [0, 0.05) is 13.2 Å². The van der Waals surface area contributed by atoms with E-state index in [0.29, 0.717) is 16.9 Å². The van der Waals surface area contributed by atoms with Gasteiger partial charge in [-0.1, -0.05) is 25.4 Å². The number of hydrogen-bond acceptors (Lipinski definition) is 3. The molecule has 96 valence electrons. The summed E-state index contributed by atoms with van der Waals surface area (Å²) in [6.45, 7) is 4.29. The molecule has 0 N–H and O–H groups in total. The van der Waals surface area contributed by atoms with Crippen molar-refractivity contribution < 1.29 is 0 Å². The Morgan fingerprint density at radius 2 is 2.11 bits per heavy atom. The van der Waals surface area contributed by atoms with E-state index in [9.17, 15) is 0 Å². The topological polar surface area (TPSA) is 43.6 Å². The molecule has 4 nitrogen and oxygen atoms in total. The molecule has 2 heterocycles. The molecule has 2 aromatic heterocycles. The summed E-state index contributed by atoms with van der Waals surface area (Å²) < 4.78 is 2.52. The lowest BCUT2D eigenvalue weighted by atomic mass is 10.1. The van der Waals surface area contributed by atoms with Crippen LogP contribution in [0.4, 0.5) is 0 Å². The van der Waals surface area contributed by atoms with Crippen LogP contribution in [0.3, 0.4) is 0 Å². The third kappa shape index (κ3) is 2.72. The van der Waals surface area contributed by atoms with Crippen LogP contribution in [0, 0.1) is 5.92 Å². The molecule has 0 radical (unpaired) electrons. The highest BCUT2D eigenvalue weighted by atomic mass is 79.9. The Morgan fingerprint density at radius 1 is 1.39 bits per heavy atom. The second-order valence-electron chi connectivity index (χ2n) is 4.54. The zero-order valence-corrected chi connectivity index (χ0v) is 12.8. The van der Waals surface area contributed by atoms with Crippen molar-refractivity contribution in [2.45, 2.75) is 20.3 Å². The highest BCUT2D eigenvalue weighted by Crippen LogP contribution is 2.28. The van der Waals surface area contributed by atoms with Crippen molar-refractivity contribution in [3.8, 4) is 11.5 Å². The van der Waals surface area contributed by atoms with Gasteiger partial charge in [0.25, 0.3) is 0 Å². The van der Waals surface area contributed by atoms with Crippen molar-refractivity contribution in [2.24, 2.45) is 13.0 Å². The van der Waals surface area contributed by atoms with Gasteiger partial charge in [0.2, 0.25) is 0 Å². The number of aromatic nitrogens is 4. The second-order valence-corrected chi connectivity index (χ2v) is 5.69. The quantitative estimate of drug-likeness (QED) is 0.810. The lowest BCUT2D eigenvalue weighted by Gasteiger charge is -2.10. The van der Waals surface area contributed by atoms with Crippen molar-refractivity contribution in [3.05, 3.63) is 27.6 Å². The monoisotopic (exact) mass is 328 g/mol. The van der Waals surface area contributed by atoms with Crippen LogP contribution in [-0.2, 0) is 13.5 Å². The van der Waals surface area contributed by atoms with E-state index in [4.69, 9.17) is 11.6 Å². The summed E-state index contributed by atoms with van der Waals surface area (Å²) >= 11 is 9.59. The highest BCUT2D eigenvalue weighted by Gasteiger charge is 2.14. The Labute approximate surface area is 120 Å². The predicted molar refractivity (Wildman–Crippen MR) is 75.5 cm³/mol. The number of aryl methyl sites for hydroxylation is 1. The smallest absolute Gasteiger partial charge is 0.179 e. The maximum absolute atomic E-state index is 6.14. The van der Waals surface area contributed by atoms with Gasteiger partial charge < -0.3 is 0 Å². The molecule has 0 aromatic carbocycles. The van der Waals surface area contributed by atoms with Gasteiger partial charge >= 0.3 is 0 Å². The SMILES string of the molecule is CC(C)Cc1nc(-c2ccnn2C)nc(Cl)c1Br. The van der Waals surface area contributed by atoms with E-state index in [1.807, 2.05) is 13.1 Å². The summed E-state index contributed by atoms with van der Waals surface area (Å²) in [5.74, 6) is 1.12. The van der Waals surface area contributed by atoms with E-state index >= 15 is 0 Å². The molecule has 0 aliphatic heterocycles. The third-order valence-electron chi connectivity index (χ3n) is 2.53. The fourth-order valence-corrected chi connectivity index (χ4v) is 2.22. The molecular weight excluding hydrogens is 316 g/mol. The minimum atomic E-state index is 0.442. The molecule has 0 bridgehead atoms. The van der Waals surface area contributed by atoms with Crippen molar-refractivity contribution >= 4 is 27.5 Å². The Balaban J connectivity index is 2.51. The molecule has 0 fully saturated rings. The van der Waals surface area contributed by atoms with Gasteiger partial charge in [0.1, 0.15) is 10.8 Å². The van der Waals surface area contributed by atoms with E-state index in [1.165, 1.54) is 0 Å². The fraction of sp³-hybridized carbons (Fsp3) is 0.417. The zero-order chi connectivity index (χ0) is 13.3. The first-order valence-corrected chi connectivity index (χ1v) is 6.86. The van der Waals surface area contributed by atoms with Gasteiger partial charge in [0.15, 0.2) is 5.82 Å². The average molecular weight is 330 g/mol. The van der Waals surface area contributed by atoms with Crippen LogP contribution in [0.15, 0.2) is 16.7 Å². The van der Waals surface area contributed by atoms with Crippen LogP contribution in [0.25, 0.3) is 11.5 Å². The first-order chi connectivity index (χ1) is 8.49. The largest absolute Gasteiger partial charge is 0.265 e. The summed E-state index contributed by atoms with van der Waals surface area (Å²) in [7, 11) is 1.86. The van der Waals surface area contributed by atoms with E-state index in [2.05, 4.69) is 44.8 Å². The maximum Gasteiger partial charge on any atom is 0.179 e. The molecule has 0 aliphatic rings. The lowest BCUT2D eigenvalue weighted by Crippen LogP contribution is -2.04. The minimum absolute atomic E-state index is 0.442. The molecule has 0 saturated carbocycles. The molecule has 2 rings (SSSR count). The summed E-state index contributed by atoms with van der Waals surface area (Å²) in [6, 6.07) is 1.87. The summed E-state index contributed by atoms with van der Waals surface area (Å²) in [5.41, 5.74) is 1.79. The Bertz CT molecular complexity index is 565. The highest BCUT2D eigenvalue weighted by molar-refractivity contribution is 9.10. The first-order valence-electron chi connectivity index (χ1n) is 5.69. The van der Waals surface area contributed by atoms with Gasteiger partial charge in [-0.15, -0.1) is 0 Å². The van der Waals surface area contributed by atoms with Crippen LogP contribution in [0.2, 0.25) is 5.15 Å². The summed E-state index contributed by atoms with van der Waals surface area (Å²) in [6.07, 6.45) is 2.57. The Kier molecular flexibility index (Phi) is 4.02. The first kappa shape index (κ1) is 13.5. The molecule has 0 amide bonds. The van der Waals surface area contributed by atoms with E-state index in [0.717, 1.165) is 22.3 Å². The summed E-state index contributed by atoms with van der Waals surface area (Å²) in [5, 5.41) is 4.56. The molecule has 2 aromatic rings. The molecular formula is C12H14BrClN4. The lowest BCUT2D eigenvalue weighted by molar-refractivity contribution is 0.632. The van der Waals surface area contributed by atoms with Crippen LogP contribution < -0.4 is 0 Å². The van der Waals surface area contributed by atoms with Gasteiger partial charge in [0.05, 0.1) is 10.2 Å². The van der Waals surface area contributed by atoms with Crippen molar-refractivity contribution in [1.29, 1.82) is 0 Å².